The summed E-state index contributed by atoms with van der Waals surface area (Å²) in [5.41, 5.74) is 5.69. The number of hydrazone groups is 1. The minimum atomic E-state index is -0.216. The third-order valence-corrected chi connectivity index (χ3v) is 8.86. The summed E-state index contributed by atoms with van der Waals surface area (Å²) < 4.78 is 0. The van der Waals surface area contributed by atoms with E-state index in [4.69, 9.17) is 11.6 Å². The molecule has 10 heteroatoms. The number of nitrogens with zero attached hydrogens (tertiary/aromatic N) is 5. The van der Waals surface area contributed by atoms with Crippen molar-refractivity contribution in [3.05, 3.63) is 28.8 Å². The van der Waals surface area contributed by atoms with Gasteiger partial charge in [-0.25, -0.2) is 0 Å². The largest absolute Gasteiger partial charge is 0.369 e. The van der Waals surface area contributed by atoms with E-state index < -0.39 is 0 Å². The van der Waals surface area contributed by atoms with Crippen molar-refractivity contribution in [2.24, 2.45) is 16.9 Å². The van der Waals surface area contributed by atoms with Crippen LogP contribution in [0, 0.1) is 18.8 Å². The van der Waals surface area contributed by atoms with Gasteiger partial charge in [-0.3, -0.25) is 19.9 Å². The Morgan fingerprint density at radius 2 is 1.95 bits per heavy atom. The van der Waals surface area contributed by atoms with Gasteiger partial charge in [-0.2, -0.15) is 5.10 Å². The number of carbonyl (C=O) groups is 2. The Morgan fingerprint density at radius 3 is 2.72 bits per heavy atom. The van der Waals surface area contributed by atoms with Crippen LogP contribution < -0.4 is 15.6 Å². The lowest BCUT2D eigenvalue weighted by molar-refractivity contribution is -0.156. The number of fused-ring (bicyclic) bond motifs is 3. The van der Waals surface area contributed by atoms with Crippen LogP contribution in [0.1, 0.15) is 57.9 Å². The maximum Gasteiger partial charge on any atom is 0.230 e. The first-order valence-corrected chi connectivity index (χ1v) is 15.1. The van der Waals surface area contributed by atoms with Crippen LogP contribution in [0.3, 0.4) is 0 Å². The van der Waals surface area contributed by atoms with Crippen LogP contribution in [-0.4, -0.2) is 90.5 Å². The zero-order valence-electron chi connectivity index (χ0n) is 23.7. The fraction of sp³-hybridized carbons (Fsp3) is 0.690. The molecular formula is C29H44ClN7O2. The standard InChI is InChI=1S/C29H44ClN7O2/c1-20(2)19-36-28(39)23-6-4-5-7-24(23)37-26(32-33-29(36)37)10-11-27(38)31-12-13-34-14-16-35(17-15-34)25-18-22(30)9-8-21(25)3/h8-9,18,20,23-24,29,33H,4-7,10-17,19H2,1-3H3,(H,31,38). The summed E-state index contributed by atoms with van der Waals surface area (Å²) >= 11 is 6.22. The number of nitrogens with one attached hydrogen (secondary N) is 2. The Morgan fingerprint density at radius 1 is 1.18 bits per heavy atom. The lowest BCUT2D eigenvalue weighted by Crippen LogP contribution is -2.67. The molecule has 1 saturated carbocycles. The molecule has 0 aromatic heterocycles. The van der Waals surface area contributed by atoms with Crippen LogP contribution in [0.5, 0.6) is 0 Å². The number of hydrogen-bond acceptors (Lipinski definition) is 7. The van der Waals surface area contributed by atoms with Crippen molar-refractivity contribution in [3.8, 4) is 0 Å². The van der Waals surface area contributed by atoms with E-state index in [1.807, 2.05) is 11.0 Å². The van der Waals surface area contributed by atoms with Crippen molar-refractivity contribution in [1.82, 2.24) is 25.4 Å². The van der Waals surface area contributed by atoms with Crippen molar-refractivity contribution in [2.75, 3.05) is 50.7 Å². The molecule has 4 aliphatic rings. The smallest absolute Gasteiger partial charge is 0.230 e. The molecular weight excluding hydrogens is 514 g/mol. The average Bonchev–Trinajstić information content (AvgIpc) is 3.35. The van der Waals surface area contributed by atoms with Crippen LogP contribution in [-0.2, 0) is 9.59 Å². The summed E-state index contributed by atoms with van der Waals surface area (Å²) in [7, 11) is 0. The Hall–Kier alpha value is -2.52. The molecule has 3 atom stereocenters. The lowest BCUT2D eigenvalue weighted by atomic mass is 9.80. The molecule has 3 unspecified atom stereocenters. The van der Waals surface area contributed by atoms with Crippen molar-refractivity contribution in [1.29, 1.82) is 0 Å². The van der Waals surface area contributed by atoms with E-state index in [1.165, 1.54) is 11.3 Å². The van der Waals surface area contributed by atoms with E-state index in [9.17, 15) is 9.59 Å². The summed E-state index contributed by atoms with van der Waals surface area (Å²) in [6.45, 7) is 12.5. The number of piperazine rings is 1. The molecule has 39 heavy (non-hydrogen) atoms. The van der Waals surface area contributed by atoms with Gasteiger partial charge in [0.1, 0.15) is 5.84 Å². The number of amides is 2. The molecule has 3 heterocycles. The number of anilines is 1. The van der Waals surface area contributed by atoms with Crippen molar-refractivity contribution >= 4 is 34.9 Å². The molecule has 2 N–H and O–H groups in total. The molecule has 5 rings (SSSR count). The molecule has 3 fully saturated rings. The second kappa shape index (κ2) is 12.3. The third kappa shape index (κ3) is 6.30. The van der Waals surface area contributed by atoms with E-state index >= 15 is 0 Å². The molecule has 0 radical (unpaired) electrons. The molecule has 0 spiro atoms. The van der Waals surface area contributed by atoms with Crippen molar-refractivity contribution in [3.63, 3.8) is 0 Å². The van der Waals surface area contributed by atoms with Crippen molar-refractivity contribution in [2.45, 2.75) is 71.6 Å². The first-order chi connectivity index (χ1) is 18.8. The van der Waals surface area contributed by atoms with E-state index in [1.54, 1.807) is 0 Å². The Bertz CT molecular complexity index is 1070. The highest BCUT2D eigenvalue weighted by Crippen LogP contribution is 2.38. The molecule has 1 aliphatic carbocycles. The Labute approximate surface area is 237 Å². The van der Waals surface area contributed by atoms with Gasteiger partial charge >= 0.3 is 0 Å². The van der Waals surface area contributed by atoms with Gasteiger partial charge in [0.05, 0.1) is 5.92 Å². The van der Waals surface area contributed by atoms with Gasteiger partial charge in [-0.05, 0) is 43.4 Å². The highest BCUT2D eigenvalue weighted by atomic mass is 35.5. The summed E-state index contributed by atoms with van der Waals surface area (Å²) in [6.07, 6.45) is 4.98. The highest BCUT2D eigenvalue weighted by Gasteiger charge is 2.50. The Kier molecular flexibility index (Phi) is 8.86. The number of halogens is 1. The zero-order valence-corrected chi connectivity index (χ0v) is 24.4. The van der Waals surface area contributed by atoms with Gasteiger partial charge in [0.2, 0.25) is 11.8 Å². The minimum Gasteiger partial charge on any atom is -0.369 e. The Balaban J connectivity index is 1.07. The van der Waals surface area contributed by atoms with Crippen LogP contribution in [0.25, 0.3) is 0 Å². The topological polar surface area (TPSA) is 83.5 Å². The monoisotopic (exact) mass is 557 g/mol. The highest BCUT2D eigenvalue weighted by molar-refractivity contribution is 6.30. The van der Waals surface area contributed by atoms with Gasteiger partial charge in [-0.15, -0.1) is 0 Å². The van der Waals surface area contributed by atoms with Gasteiger partial charge in [0, 0.05) is 75.4 Å². The maximum absolute atomic E-state index is 13.3. The molecule has 9 nitrogen and oxygen atoms in total. The lowest BCUT2D eigenvalue weighted by Gasteiger charge is -2.51. The zero-order chi connectivity index (χ0) is 27.5. The van der Waals surface area contributed by atoms with E-state index in [2.05, 4.69) is 63.4 Å². The van der Waals surface area contributed by atoms with Crippen LogP contribution in [0.15, 0.2) is 23.3 Å². The predicted molar refractivity (Wildman–Crippen MR) is 156 cm³/mol. The number of carbonyl (C=O) groups excluding carboxylic acids is 2. The minimum absolute atomic E-state index is 0.0379. The summed E-state index contributed by atoms with van der Waals surface area (Å²) in [5.74, 6) is 1.66. The van der Waals surface area contributed by atoms with Gasteiger partial charge < -0.3 is 20.0 Å². The quantitative estimate of drug-likeness (QED) is 0.485. The number of hydrogen-bond donors (Lipinski definition) is 2. The average molecular weight is 558 g/mol. The van der Waals surface area contributed by atoms with Gasteiger partial charge in [0.25, 0.3) is 0 Å². The second-order valence-electron chi connectivity index (χ2n) is 11.9. The van der Waals surface area contributed by atoms with E-state index in [0.717, 1.165) is 69.3 Å². The summed E-state index contributed by atoms with van der Waals surface area (Å²) in [4.78, 5) is 35.2. The third-order valence-electron chi connectivity index (χ3n) is 8.62. The second-order valence-corrected chi connectivity index (χ2v) is 12.3. The number of aryl methyl sites for hydroxylation is 1. The first-order valence-electron chi connectivity index (χ1n) is 14.7. The molecule has 2 saturated heterocycles. The van der Waals surface area contributed by atoms with E-state index in [0.29, 0.717) is 31.8 Å². The maximum atomic E-state index is 13.3. The van der Waals surface area contributed by atoms with Crippen LogP contribution in [0.4, 0.5) is 5.69 Å². The first kappa shape index (κ1) is 28.0. The number of benzene rings is 1. The van der Waals surface area contributed by atoms with Gasteiger partial charge in [0.15, 0.2) is 6.29 Å². The van der Waals surface area contributed by atoms with Crippen molar-refractivity contribution < 1.29 is 9.59 Å². The fourth-order valence-corrected chi connectivity index (χ4v) is 6.79. The SMILES string of the molecule is Cc1ccc(Cl)cc1N1CCN(CCNC(=O)CCC2=NNC3N(CC(C)C)C(=O)C4CCCCC4N23)CC1. The molecule has 2 amide bonds. The van der Waals surface area contributed by atoms with E-state index in [-0.39, 0.29) is 30.1 Å². The number of amidine groups is 1. The predicted octanol–water partition coefficient (Wildman–Crippen LogP) is 3.23. The van der Waals surface area contributed by atoms with Crippen LogP contribution in [0.2, 0.25) is 5.02 Å². The summed E-state index contributed by atoms with van der Waals surface area (Å²) in [5, 5.41) is 8.52. The normalized spacial score (nSPS) is 25.4. The fourth-order valence-electron chi connectivity index (χ4n) is 6.62. The molecule has 3 aliphatic heterocycles. The molecule has 1 aromatic carbocycles. The number of rotatable bonds is 9. The molecule has 0 bridgehead atoms. The van der Waals surface area contributed by atoms with Crippen LogP contribution >= 0.6 is 11.6 Å². The molecule has 1 aromatic rings. The summed E-state index contributed by atoms with van der Waals surface area (Å²) in [6, 6.07) is 6.25. The molecule has 214 valence electrons. The van der Waals surface area contributed by atoms with Gasteiger partial charge in [-0.1, -0.05) is 44.4 Å².